The predicted octanol–water partition coefficient (Wildman–Crippen LogP) is 3.25. The quantitative estimate of drug-likeness (QED) is 0.817. The van der Waals surface area contributed by atoms with E-state index in [9.17, 15) is 19.1 Å². The van der Waals surface area contributed by atoms with E-state index < -0.39 is 23.7 Å². The average molecular weight is 383 g/mol. The first-order chi connectivity index (χ1) is 13.4. The van der Waals surface area contributed by atoms with E-state index in [1.165, 1.54) is 67.9 Å². The first-order valence-electron chi connectivity index (χ1n) is 8.37. The predicted molar refractivity (Wildman–Crippen MR) is 99.9 cm³/mol. The number of phenols is 1. The minimum Gasteiger partial charge on any atom is -0.508 e. The molecular weight excluding hydrogens is 365 g/mol. The van der Waals surface area contributed by atoms with Gasteiger partial charge in [-0.15, -0.1) is 0 Å². The van der Waals surface area contributed by atoms with Crippen LogP contribution in [0.3, 0.4) is 0 Å². The molecule has 0 aliphatic carbocycles. The summed E-state index contributed by atoms with van der Waals surface area (Å²) in [4.78, 5) is 26.5. The molecule has 0 unspecified atom stereocenters. The number of carbonyl (C=O) groups is 2. The molecule has 0 radical (unpaired) electrons. The Morgan fingerprint density at radius 2 is 1.54 bits per heavy atom. The lowest BCUT2D eigenvalue weighted by molar-refractivity contribution is -0.137. The van der Waals surface area contributed by atoms with E-state index >= 15 is 0 Å². The molecule has 1 N–H and O–H groups in total. The van der Waals surface area contributed by atoms with Crippen molar-refractivity contribution in [1.29, 1.82) is 0 Å². The summed E-state index contributed by atoms with van der Waals surface area (Å²) >= 11 is 0. The zero-order valence-electron chi connectivity index (χ0n) is 15.3. The maximum atomic E-state index is 13.3. The third kappa shape index (κ3) is 3.73. The number of hydrogen-bond donors (Lipinski definition) is 1. The van der Waals surface area contributed by atoms with E-state index in [0.29, 0.717) is 11.3 Å². The van der Waals surface area contributed by atoms with E-state index in [-0.39, 0.29) is 16.9 Å². The van der Waals surface area contributed by atoms with Gasteiger partial charge in [-0.05, 0) is 42.0 Å². The molecule has 0 bridgehead atoms. The summed E-state index contributed by atoms with van der Waals surface area (Å²) in [6.07, 6.45) is 3.03. The van der Waals surface area contributed by atoms with Gasteiger partial charge in [-0.25, -0.2) is 14.0 Å². The summed E-state index contributed by atoms with van der Waals surface area (Å²) in [6, 6.07) is 11.8. The van der Waals surface area contributed by atoms with Gasteiger partial charge in [0.2, 0.25) is 0 Å². The lowest BCUT2D eigenvalue weighted by atomic mass is 9.83. The van der Waals surface area contributed by atoms with Gasteiger partial charge in [-0.3, -0.25) is 0 Å². The largest absolute Gasteiger partial charge is 0.508 e. The standard InChI is InChI=1S/C21H18FNO5/c1-27-20(25)17-11-23(15-8-6-14(22)7-9-15)12-18(21(26)28-2)19(17)13-4-3-5-16(24)10-13/h3-12,19,24H,1-2H3. The normalized spacial score (nSPS) is 14.2. The van der Waals surface area contributed by atoms with Crippen molar-refractivity contribution < 1.29 is 28.6 Å². The molecule has 144 valence electrons. The van der Waals surface area contributed by atoms with Gasteiger partial charge < -0.3 is 19.5 Å². The number of phenolic OH excluding ortho intramolecular Hbond substituents is 1. The fraction of sp³-hybridized carbons (Fsp3) is 0.143. The molecule has 2 aromatic carbocycles. The van der Waals surface area contributed by atoms with Gasteiger partial charge in [0, 0.05) is 18.1 Å². The van der Waals surface area contributed by atoms with Crippen LogP contribution in [0.1, 0.15) is 11.5 Å². The van der Waals surface area contributed by atoms with Crippen LogP contribution in [0, 0.1) is 5.82 Å². The number of hydrogen-bond acceptors (Lipinski definition) is 6. The molecular formula is C21H18FNO5. The molecule has 1 aliphatic rings. The Labute approximate surface area is 161 Å². The van der Waals surface area contributed by atoms with Crippen molar-refractivity contribution in [2.75, 3.05) is 19.1 Å². The number of benzene rings is 2. The van der Waals surface area contributed by atoms with E-state index in [2.05, 4.69) is 0 Å². The Balaban J connectivity index is 2.17. The number of aromatic hydroxyl groups is 1. The zero-order chi connectivity index (χ0) is 20.3. The summed E-state index contributed by atoms with van der Waals surface area (Å²) in [5.41, 5.74) is 1.39. The van der Waals surface area contributed by atoms with E-state index in [1.807, 2.05) is 0 Å². The first-order valence-corrected chi connectivity index (χ1v) is 8.37. The fourth-order valence-electron chi connectivity index (χ4n) is 3.06. The Morgan fingerprint density at radius 1 is 0.964 bits per heavy atom. The third-order valence-electron chi connectivity index (χ3n) is 4.35. The van der Waals surface area contributed by atoms with Crippen LogP contribution < -0.4 is 4.90 Å². The van der Waals surface area contributed by atoms with E-state index in [1.54, 1.807) is 12.1 Å². The second kappa shape index (κ2) is 7.96. The molecule has 0 atom stereocenters. The maximum Gasteiger partial charge on any atom is 0.336 e. The Morgan fingerprint density at radius 3 is 2.04 bits per heavy atom. The molecule has 2 aromatic rings. The Bertz CT molecular complexity index is 931. The van der Waals surface area contributed by atoms with Crippen molar-refractivity contribution in [2.24, 2.45) is 0 Å². The molecule has 7 heteroatoms. The molecule has 0 aromatic heterocycles. The van der Waals surface area contributed by atoms with Crippen LogP contribution in [0.4, 0.5) is 10.1 Å². The van der Waals surface area contributed by atoms with Gasteiger partial charge in [-0.2, -0.15) is 0 Å². The Kier molecular flexibility index (Phi) is 5.44. The van der Waals surface area contributed by atoms with Gasteiger partial charge in [0.05, 0.1) is 31.3 Å². The van der Waals surface area contributed by atoms with Crippen LogP contribution in [0.25, 0.3) is 0 Å². The number of halogens is 1. The van der Waals surface area contributed by atoms with Crippen LogP contribution in [-0.2, 0) is 19.1 Å². The van der Waals surface area contributed by atoms with Crippen molar-refractivity contribution in [3.8, 4) is 5.75 Å². The molecule has 6 nitrogen and oxygen atoms in total. The monoisotopic (exact) mass is 383 g/mol. The summed E-state index contributed by atoms with van der Waals surface area (Å²) in [5, 5.41) is 9.85. The lowest BCUT2D eigenvalue weighted by Gasteiger charge is -2.30. The number of ether oxygens (including phenoxy) is 2. The van der Waals surface area contributed by atoms with Gasteiger partial charge in [0.15, 0.2) is 0 Å². The summed E-state index contributed by atoms with van der Waals surface area (Å²) < 4.78 is 23.1. The molecule has 0 spiro atoms. The van der Waals surface area contributed by atoms with Crippen molar-refractivity contribution in [1.82, 2.24) is 0 Å². The van der Waals surface area contributed by atoms with Crippen molar-refractivity contribution in [2.45, 2.75) is 5.92 Å². The third-order valence-corrected chi connectivity index (χ3v) is 4.35. The molecule has 0 saturated carbocycles. The topological polar surface area (TPSA) is 76.1 Å². The van der Waals surface area contributed by atoms with Crippen LogP contribution in [0.5, 0.6) is 5.75 Å². The van der Waals surface area contributed by atoms with Crippen LogP contribution in [-0.4, -0.2) is 31.3 Å². The Hall–Kier alpha value is -3.61. The number of esters is 2. The average Bonchev–Trinajstić information content (AvgIpc) is 2.72. The molecule has 0 fully saturated rings. The molecule has 1 aliphatic heterocycles. The number of carbonyl (C=O) groups excluding carboxylic acids is 2. The van der Waals surface area contributed by atoms with Crippen LogP contribution in [0.15, 0.2) is 72.1 Å². The number of anilines is 1. The summed E-state index contributed by atoms with van der Waals surface area (Å²) in [5.74, 6) is -2.51. The summed E-state index contributed by atoms with van der Waals surface area (Å²) in [7, 11) is 2.47. The van der Waals surface area contributed by atoms with Gasteiger partial charge in [0.1, 0.15) is 11.6 Å². The first kappa shape index (κ1) is 19.2. The molecule has 0 saturated heterocycles. The highest BCUT2D eigenvalue weighted by Gasteiger charge is 2.35. The lowest BCUT2D eigenvalue weighted by Crippen LogP contribution is -2.28. The van der Waals surface area contributed by atoms with Crippen molar-refractivity contribution >= 4 is 17.6 Å². The second-order valence-electron chi connectivity index (χ2n) is 6.06. The van der Waals surface area contributed by atoms with Gasteiger partial charge in [-0.1, -0.05) is 12.1 Å². The van der Waals surface area contributed by atoms with Crippen molar-refractivity contribution in [3.63, 3.8) is 0 Å². The number of methoxy groups -OCH3 is 2. The SMILES string of the molecule is COC(=O)C1=CN(c2ccc(F)cc2)C=C(C(=O)OC)C1c1cccc(O)c1. The maximum absolute atomic E-state index is 13.3. The smallest absolute Gasteiger partial charge is 0.336 e. The highest BCUT2D eigenvalue weighted by Crippen LogP contribution is 2.39. The second-order valence-corrected chi connectivity index (χ2v) is 6.06. The fourth-order valence-corrected chi connectivity index (χ4v) is 3.06. The zero-order valence-corrected chi connectivity index (χ0v) is 15.3. The molecule has 28 heavy (non-hydrogen) atoms. The number of nitrogens with zero attached hydrogens (tertiary/aromatic N) is 1. The summed E-state index contributed by atoms with van der Waals surface area (Å²) in [6.45, 7) is 0. The van der Waals surface area contributed by atoms with Crippen molar-refractivity contribution in [3.05, 3.63) is 83.5 Å². The van der Waals surface area contributed by atoms with Gasteiger partial charge in [0.25, 0.3) is 0 Å². The van der Waals surface area contributed by atoms with Crippen LogP contribution >= 0.6 is 0 Å². The van der Waals surface area contributed by atoms with Crippen LogP contribution in [0.2, 0.25) is 0 Å². The minimum atomic E-state index is -0.802. The van der Waals surface area contributed by atoms with E-state index in [0.717, 1.165) is 0 Å². The minimum absolute atomic E-state index is 0.00750. The molecule has 0 amide bonds. The molecule has 3 rings (SSSR count). The number of rotatable bonds is 4. The highest BCUT2D eigenvalue weighted by molar-refractivity contribution is 6.00. The molecule has 1 heterocycles. The highest BCUT2D eigenvalue weighted by atomic mass is 19.1. The van der Waals surface area contributed by atoms with Gasteiger partial charge >= 0.3 is 11.9 Å². The van der Waals surface area contributed by atoms with E-state index in [4.69, 9.17) is 9.47 Å².